The molecule has 2 nitrogen and oxygen atoms in total. The highest BCUT2D eigenvalue weighted by Gasteiger charge is 2.10. The van der Waals surface area contributed by atoms with Crippen LogP contribution in [0.4, 0.5) is 0 Å². The Kier molecular flexibility index (Phi) is 4.36. The predicted molar refractivity (Wildman–Crippen MR) is 58.7 cm³/mol. The van der Waals surface area contributed by atoms with Crippen molar-refractivity contribution in [3.8, 4) is 11.5 Å². The number of methoxy groups -OCH3 is 2. The van der Waals surface area contributed by atoms with Crippen molar-refractivity contribution in [3.05, 3.63) is 23.3 Å². The molecule has 0 atom stereocenters. The molecular weight excluding hydrogens is 223 g/mol. The van der Waals surface area contributed by atoms with Gasteiger partial charge in [0.25, 0.3) is 0 Å². The zero-order chi connectivity index (χ0) is 10.6. The highest BCUT2D eigenvalue weighted by Crippen LogP contribution is 2.33. The van der Waals surface area contributed by atoms with Gasteiger partial charge in [0.15, 0.2) is 11.5 Å². The summed E-state index contributed by atoms with van der Waals surface area (Å²) < 4.78 is 10.4. The first kappa shape index (κ1) is 11.5. The molecule has 0 unspecified atom stereocenters. The number of ether oxygens (including phenoxy) is 2. The SMILES string of the molecule is COc1cc(CCl)cc(CCl)c1OC. The summed E-state index contributed by atoms with van der Waals surface area (Å²) >= 11 is 11.5. The van der Waals surface area contributed by atoms with Crippen LogP contribution in [0.3, 0.4) is 0 Å². The summed E-state index contributed by atoms with van der Waals surface area (Å²) in [7, 11) is 3.18. The highest BCUT2D eigenvalue weighted by atomic mass is 35.5. The zero-order valence-corrected chi connectivity index (χ0v) is 9.65. The van der Waals surface area contributed by atoms with Gasteiger partial charge in [0.1, 0.15) is 0 Å². The Morgan fingerprint density at radius 3 is 2.21 bits per heavy atom. The summed E-state index contributed by atoms with van der Waals surface area (Å²) in [6, 6.07) is 3.77. The number of halogens is 2. The van der Waals surface area contributed by atoms with Gasteiger partial charge in [-0.25, -0.2) is 0 Å². The first-order chi connectivity index (χ1) is 6.76. The summed E-state index contributed by atoms with van der Waals surface area (Å²) in [4.78, 5) is 0. The van der Waals surface area contributed by atoms with Crippen LogP contribution in [-0.2, 0) is 11.8 Å². The third-order valence-electron chi connectivity index (χ3n) is 1.91. The number of hydrogen-bond acceptors (Lipinski definition) is 2. The maximum absolute atomic E-state index is 5.79. The second-order valence-electron chi connectivity index (χ2n) is 2.76. The van der Waals surface area contributed by atoms with E-state index >= 15 is 0 Å². The minimum atomic E-state index is 0.379. The summed E-state index contributed by atoms with van der Waals surface area (Å²) in [5.41, 5.74) is 1.86. The Hall–Kier alpha value is -0.600. The molecule has 14 heavy (non-hydrogen) atoms. The summed E-state index contributed by atoms with van der Waals surface area (Å²) in [5, 5.41) is 0. The minimum absolute atomic E-state index is 0.379. The largest absolute Gasteiger partial charge is 0.493 e. The van der Waals surface area contributed by atoms with E-state index in [9.17, 15) is 0 Å². The molecular formula is C10H12Cl2O2. The molecule has 0 amide bonds. The molecule has 0 aliphatic rings. The third-order valence-corrected chi connectivity index (χ3v) is 2.51. The van der Waals surface area contributed by atoms with E-state index < -0.39 is 0 Å². The van der Waals surface area contributed by atoms with Crippen molar-refractivity contribution in [1.29, 1.82) is 0 Å². The molecule has 0 N–H and O–H groups in total. The van der Waals surface area contributed by atoms with Gasteiger partial charge in [-0.3, -0.25) is 0 Å². The molecule has 1 aromatic carbocycles. The van der Waals surface area contributed by atoms with Gasteiger partial charge >= 0.3 is 0 Å². The first-order valence-corrected chi connectivity index (χ1v) is 5.19. The highest BCUT2D eigenvalue weighted by molar-refractivity contribution is 6.18. The predicted octanol–water partition coefficient (Wildman–Crippen LogP) is 3.18. The molecule has 1 rings (SSSR count). The standard InChI is InChI=1S/C10H12Cl2O2/c1-13-9-4-7(5-11)3-8(6-12)10(9)14-2/h3-4H,5-6H2,1-2H3. The van der Waals surface area contributed by atoms with Crippen molar-refractivity contribution >= 4 is 23.2 Å². The van der Waals surface area contributed by atoms with E-state index in [0.717, 1.165) is 11.1 Å². The van der Waals surface area contributed by atoms with Crippen molar-refractivity contribution in [3.63, 3.8) is 0 Å². The van der Waals surface area contributed by atoms with Gasteiger partial charge in [-0.2, -0.15) is 0 Å². The molecule has 0 heterocycles. The monoisotopic (exact) mass is 234 g/mol. The molecule has 0 aromatic heterocycles. The zero-order valence-electron chi connectivity index (χ0n) is 8.14. The maximum atomic E-state index is 5.79. The number of rotatable bonds is 4. The quantitative estimate of drug-likeness (QED) is 0.746. The van der Waals surface area contributed by atoms with E-state index in [1.165, 1.54) is 0 Å². The average molecular weight is 235 g/mol. The molecule has 0 aliphatic heterocycles. The number of benzene rings is 1. The van der Waals surface area contributed by atoms with Crippen LogP contribution in [0.25, 0.3) is 0 Å². The lowest BCUT2D eigenvalue weighted by Crippen LogP contribution is -1.96. The summed E-state index contributed by atoms with van der Waals surface area (Å²) in [6.07, 6.45) is 0. The minimum Gasteiger partial charge on any atom is -0.493 e. The Bertz CT molecular complexity index is 288. The van der Waals surface area contributed by atoms with Crippen molar-refractivity contribution in [2.24, 2.45) is 0 Å². The van der Waals surface area contributed by atoms with Gasteiger partial charge < -0.3 is 9.47 Å². The number of alkyl halides is 2. The second kappa shape index (κ2) is 5.32. The third kappa shape index (κ3) is 2.25. The van der Waals surface area contributed by atoms with Crippen molar-refractivity contribution in [2.45, 2.75) is 11.8 Å². The number of hydrogen-bond donors (Lipinski definition) is 0. The normalized spacial score (nSPS) is 10.0. The van der Waals surface area contributed by atoms with Gasteiger partial charge in [-0.15, -0.1) is 23.2 Å². The molecule has 1 aromatic rings. The second-order valence-corrected chi connectivity index (χ2v) is 3.29. The lowest BCUT2D eigenvalue weighted by molar-refractivity contribution is 0.352. The Labute approximate surface area is 93.7 Å². The fourth-order valence-electron chi connectivity index (χ4n) is 1.28. The molecule has 0 saturated carbocycles. The Morgan fingerprint density at radius 1 is 1.07 bits per heavy atom. The molecule has 0 radical (unpaired) electrons. The molecule has 0 saturated heterocycles. The molecule has 0 spiro atoms. The van der Waals surface area contributed by atoms with Crippen molar-refractivity contribution < 1.29 is 9.47 Å². The Balaban J connectivity index is 3.24. The van der Waals surface area contributed by atoms with Crippen LogP contribution >= 0.6 is 23.2 Å². The smallest absolute Gasteiger partial charge is 0.165 e. The lowest BCUT2D eigenvalue weighted by atomic mass is 10.1. The summed E-state index contributed by atoms with van der Waals surface area (Å²) in [6.45, 7) is 0. The van der Waals surface area contributed by atoms with E-state index in [-0.39, 0.29) is 0 Å². The van der Waals surface area contributed by atoms with Crippen LogP contribution in [-0.4, -0.2) is 14.2 Å². The van der Waals surface area contributed by atoms with Gasteiger partial charge in [0.2, 0.25) is 0 Å². The molecule has 0 aliphatic carbocycles. The summed E-state index contributed by atoms with van der Waals surface area (Å²) in [5.74, 6) is 2.16. The van der Waals surface area contributed by atoms with Crippen LogP contribution in [0, 0.1) is 0 Å². The van der Waals surface area contributed by atoms with E-state index in [1.54, 1.807) is 14.2 Å². The molecule has 4 heteroatoms. The maximum Gasteiger partial charge on any atom is 0.165 e. The van der Waals surface area contributed by atoms with Gasteiger partial charge in [-0.1, -0.05) is 0 Å². The van der Waals surface area contributed by atoms with Crippen molar-refractivity contribution in [2.75, 3.05) is 14.2 Å². The van der Waals surface area contributed by atoms with Crippen LogP contribution in [0.2, 0.25) is 0 Å². The van der Waals surface area contributed by atoms with Gasteiger partial charge in [-0.05, 0) is 17.7 Å². The van der Waals surface area contributed by atoms with Crippen LogP contribution < -0.4 is 9.47 Å². The van der Waals surface area contributed by atoms with E-state index in [1.807, 2.05) is 12.1 Å². The molecule has 0 bridgehead atoms. The van der Waals surface area contributed by atoms with Gasteiger partial charge in [0.05, 0.1) is 20.1 Å². The fourth-order valence-corrected chi connectivity index (χ4v) is 1.64. The topological polar surface area (TPSA) is 18.5 Å². The van der Waals surface area contributed by atoms with Crippen LogP contribution in [0.1, 0.15) is 11.1 Å². The molecule has 0 fully saturated rings. The average Bonchev–Trinajstić information content (AvgIpc) is 2.26. The Morgan fingerprint density at radius 2 is 1.79 bits per heavy atom. The van der Waals surface area contributed by atoms with Gasteiger partial charge in [0, 0.05) is 11.4 Å². The fraction of sp³-hybridized carbons (Fsp3) is 0.400. The van der Waals surface area contributed by atoms with E-state index in [4.69, 9.17) is 32.7 Å². The van der Waals surface area contributed by atoms with Crippen molar-refractivity contribution in [1.82, 2.24) is 0 Å². The van der Waals surface area contributed by atoms with E-state index in [0.29, 0.717) is 23.3 Å². The van der Waals surface area contributed by atoms with Crippen LogP contribution in [0.15, 0.2) is 12.1 Å². The first-order valence-electron chi connectivity index (χ1n) is 4.12. The molecule has 78 valence electrons. The lowest BCUT2D eigenvalue weighted by Gasteiger charge is -2.12. The van der Waals surface area contributed by atoms with E-state index in [2.05, 4.69) is 0 Å². The van der Waals surface area contributed by atoms with Crippen LogP contribution in [0.5, 0.6) is 11.5 Å².